The van der Waals surface area contributed by atoms with E-state index in [1.807, 2.05) is 41.1 Å². The number of nitrogens with one attached hydrogen (secondary N) is 1. The van der Waals surface area contributed by atoms with Gasteiger partial charge in [0.05, 0.1) is 0 Å². The Hall–Kier alpha value is -4.53. The summed E-state index contributed by atoms with van der Waals surface area (Å²) in [7, 11) is 0. The fourth-order valence-corrected chi connectivity index (χ4v) is 3.96. The molecular weight excluding hydrogens is 440 g/mol. The maximum Gasteiger partial charge on any atom is 0.217 e. The highest BCUT2D eigenvalue weighted by atomic mass is 16.1. The number of tetrazole rings is 1. The molecule has 1 N–H and O–H groups in total. The number of hydrogen-bond acceptors (Lipinski definition) is 7. The fourth-order valence-electron chi connectivity index (χ4n) is 3.96. The molecule has 0 spiro atoms. The van der Waals surface area contributed by atoms with Crippen LogP contribution in [0.3, 0.4) is 0 Å². The number of hydrogen-bond donors (Lipinski definition) is 1. The third-order valence-electron chi connectivity index (χ3n) is 5.68. The van der Waals surface area contributed by atoms with E-state index in [-0.39, 0.29) is 11.6 Å². The molecular formula is C26H24N8O. The van der Waals surface area contributed by atoms with Gasteiger partial charge in [0.2, 0.25) is 17.4 Å². The van der Waals surface area contributed by atoms with Gasteiger partial charge < -0.3 is 0 Å². The minimum atomic E-state index is -0.0747. The molecule has 0 amide bonds. The first-order chi connectivity index (χ1) is 17.2. The predicted octanol–water partition coefficient (Wildman–Crippen LogP) is 3.95. The third-order valence-corrected chi connectivity index (χ3v) is 5.68. The van der Waals surface area contributed by atoms with Crippen molar-refractivity contribution in [1.29, 1.82) is 0 Å². The van der Waals surface area contributed by atoms with Gasteiger partial charge in [-0.25, -0.2) is 9.67 Å². The van der Waals surface area contributed by atoms with Gasteiger partial charge in [0.1, 0.15) is 5.82 Å². The fraction of sp³-hybridized carbons (Fsp3) is 0.192. The zero-order valence-corrected chi connectivity index (χ0v) is 19.3. The molecule has 0 saturated carbocycles. The average molecular weight is 465 g/mol. The summed E-state index contributed by atoms with van der Waals surface area (Å²) in [5, 5.41) is 18.8. The van der Waals surface area contributed by atoms with Gasteiger partial charge >= 0.3 is 0 Å². The van der Waals surface area contributed by atoms with Crippen molar-refractivity contribution in [3.05, 3.63) is 95.8 Å². The molecule has 0 saturated heterocycles. The molecule has 174 valence electrons. The molecule has 5 aromatic rings. The Balaban J connectivity index is 1.37. The smallest absolute Gasteiger partial charge is 0.217 e. The van der Waals surface area contributed by atoms with Crippen LogP contribution >= 0.6 is 0 Å². The van der Waals surface area contributed by atoms with Crippen LogP contribution in [-0.2, 0) is 19.4 Å². The zero-order valence-electron chi connectivity index (χ0n) is 19.3. The molecule has 0 aliphatic carbocycles. The number of carbonyl (C=O) groups excluding carboxylic acids is 1. The molecule has 2 aromatic carbocycles. The topological polar surface area (TPSA) is 115 Å². The minimum Gasteiger partial charge on any atom is -0.290 e. The second-order valence-electron chi connectivity index (χ2n) is 8.19. The van der Waals surface area contributed by atoms with Crippen LogP contribution < -0.4 is 0 Å². The quantitative estimate of drug-likeness (QED) is 0.328. The molecule has 0 fully saturated rings. The van der Waals surface area contributed by atoms with E-state index in [1.54, 1.807) is 12.4 Å². The lowest BCUT2D eigenvalue weighted by molar-refractivity contribution is 0.0982. The van der Waals surface area contributed by atoms with Crippen LogP contribution in [0, 0.1) is 0 Å². The summed E-state index contributed by atoms with van der Waals surface area (Å²) in [5.74, 6) is 1.48. The van der Waals surface area contributed by atoms with E-state index < -0.39 is 0 Å². The number of rotatable bonds is 9. The lowest BCUT2D eigenvalue weighted by atomic mass is 9.99. The molecule has 9 heteroatoms. The van der Waals surface area contributed by atoms with Gasteiger partial charge in [-0.1, -0.05) is 61.5 Å². The molecule has 3 aromatic heterocycles. The first-order valence-corrected chi connectivity index (χ1v) is 11.5. The number of pyridine rings is 1. The first-order valence-electron chi connectivity index (χ1n) is 11.5. The highest BCUT2D eigenvalue weighted by molar-refractivity contribution is 5.94. The average Bonchev–Trinajstić information content (AvgIpc) is 3.56. The van der Waals surface area contributed by atoms with E-state index in [2.05, 4.69) is 66.9 Å². The van der Waals surface area contributed by atoms with E-state index in [4.69, 9.17) is 0 Å². The number of nitrogens with zero attached hydrogens (tertiary/aromatic N) is 7. The van der Waals surface area contributed by atoms with Crippen molar-refractivity contribution in [3.8, 4) is 22.5 Å². The standard InChI is InChI=1S/C26H24N8O/c1-2-14-34-24(28-26(31-34)23(35)15-18-6-4-3-5-7-18)16-19-8-10-20(11-9-19)21-12-13-27-17-22(21)25-29-32-33-30-25/h3-13,17H,2,14-16H2,1H3,(H,29,30,32,33). The SMILES string of the molecule is CCCn1nc(C(=O)Cc2ccccc2)nc1Cc1ccc(-c2ccncc2-c2nn[nH]n2)cc1. The largest absolute Gasteiger partial charge is 0.290 e. The summed E-state index contributed by atoms with van der Waals surface area (Å²) >= 11 is 0. The summed E-state index contributed by atoms with van der Waals surface area (Å²) in [6, 6.07) is 19.8. The Labute approximate surface area is 202 Å². The van der Waals surface area contributed by atoms with E-state index in [0.717, 1.165) is 40.1 Å². The number of aryl methyl sites for hydroxylation is 1. The monoisotopic (exact) mass is 464 g/mol. The molecule has 5 rings (SSSR count). The summed E-state index contributed by atoms with van der Waals surface area (Å²) in [6.45, 7) is 2.80. The van der Waals surface area contributed by atoms with E-state index in [0.29, 0.717) is 25.2 Å². The molecule has 0 aliphatic rings. The van der Waals surface area contributed by atoms with E-state index in [1.165, 1.54) is 0 Å². The normalized spacial score (nSPS) is 11.0. The van der Waals surface area contributed by atoms with Gasteiger partial charge in [-0.05, 0) is 40.0 Å². The molecule has 0 aliphatic heterocycles. The van der Waals surface area contributed by atoms with Crippen LogP contribution in [0.25, 0.3) is 22.5 Å². The lowest BCUT2D eigenvalue weighted by Crippen LogP contribution is -2.08. The van der Waals surface area contributed by atoms with Gasteiger partial charge in [-0.2, -0.15) is 5.21 Å². The third kappa shape index (κ3) is 5.03. The number of H-pyrrole nitrogens is 1. The molecule has 9 nitrogen and oxygen atoms in total. The van der Waals surface area contributed by atoms with E-state index in [9.17, 15) is 4.79 Å². The van der Waals surface area contributed by atoms with Crippen LogP contribution in [0.2, 0.25) is 0 Å². The lowest BCUT2D eigenvalue weighted by Gasteiger charge is -2.08. The predicted molar refractivity (Wildman–Crippen MR) is 130 cm³/mol. The Kier molecular flexibility index (Phi) is 6.47. The van der Waals surface area contributed by atoms with Crippen LogP contribution in [0.5, 0.6) is 0 Å². The second kappa shape index (κ2) is 10.2. The zero-order chi connectivity index (χ0) is 24.0. The van der Waals surface area contributed by atoms with Crippen molar-refractivity contribution in [1.82, 2.24) is 40.4 Å². The number of carbonyl (C=O) groups is 1. The molecule has 0 unspecified atom stereocenters. The minimum absolute atomic E-state index is 0.0747. The molecule has 0 atom stereocenters. The van der Waals surface area contributed by atoms with Crippen molar-refractivity contribution in [2.24, 2.45) is 0 Å². The van der Waals surface area contributed by atoms with Gasteiger partial charge in [0.15, 0.2) is 0 Å². The second-order valence-corrected chi connectivity index (χ2v) is 8.19. The van der Waals surface area contributed by atoms with Crippen molar-refractivity contribution < 1.29 is 4.79 Å². The molecule has 0 bridgehead atoms. The van der Waals surface area contributed by atoms with Crippen molar-refractivity contribution in [3.63, 3.8) is 0 Å². The highest BCUT2D eigenvalue weighted by Crippen LogP contribution is 2.29. The molecule has 0 radical (unpaired) electrons. The van der Waals surface area contributed by atoms with Crippen molar-refractivity contribution in [2.75, 3.05) is 0 Å². The van der Waals surface area contributed by atoms with Gasteiger partial charge in [0, 0.05) is 37.3 Å². The number of aromatic nitrogens is 8. The highest BCUT2D eigenvalue weighted by Gasteiger charge is 2.17. The summed E-state index contributed by atoms with van der Waals surface area (Å²) < 4.78 is 1.85. The first kappa shape index (κ1) is 22.3. The summed E-state index contributed by atoms with van der Waals surface area (Å²) in [5.41, 5.74) is 4.83. The van der Waals surface area contributed by atoms with Gasteiger partial charge in [0.25, 0.3) is 0 Å². The summed E-state index contributed by atoms with van der Waals surface area (Å²) in [4.78, 5) is 21.6. The Bertz CT molecular complexity index is 1410. The van der Waals surface area contributed by atoms with Crippen molar-refractivity contribution in [2.45, 2.75) is 32.7 Å². The molecule has 3 heterocycles. The van der Waals surface area contributed by atoms with Crippen LogP contribution in [0.4, 0.5) is 0 Å². The molecule has 35 heavy (non-hydrogen) atoms. The number of Topliss-reactive ketones (excluding diaryl/α,β-unsaturated/α-hetero) is 1. The Morgan fingerprint density at radius 1 is 0.971 bits per heavy atom. The van der Waals surface area contributed by atoms with Crippen LogP contribution in [0.1, 0.15) is 40.9 Å². The number of aromatic amines is 1. The van der Waals surface area contributed by atoms with Crippen molar-refractivity contribution >= 4 is 5.78 Å². The Morgan fingerprint density at radius 2 is 1.80 bits per heavy atom. The Morgan fingerprint density at radius 3 is 2.54 bits per heavy atom. The number of benzene rings is 2. The van der Waals surface area contributed by atoms with Crippen LogP contribution in [0.15, 0.2) is 73.1 Å². The van der Waals surface area contributed by atoms with Crippen LogP contribution in [-0.4, -0.2) is 46.2 Å². The van der Waals surface area contributed by atoms with Gasteiger partial charge in [-0.3, -0.25) is 9.78 Å². The maximum atomic E-state index is 12.8. The number of ketones is 1. The maximum absolute atomic E-state index is 12.8. The summed E-state index contributed by atoms with van der Waals surface area (Å²) in [6.07, 6.45) is 5.26. The van der Waals surface area contributed by atoms with Gasteiger partial charge in [-0.15, -0.1) is 15.3 Å². The van der Waals surface area contributed by atoms with E-state index >= 15 is 0 Å².